The van der Waals surface area contributed by atoms with Crippen molar-refractivity contribution in [2.24, 2.45) is 0 Å². The summed E-state index contributed by atoms with van der Waals surface area (Å²) < 4.78 is 5.40. The van der Waals surface area contributed by atoms with Gasteiger partial charge in [-0.3, -0.25) is 0 Å². The Morgan fingerprint density at radius 3 is 2.69 bits per heavy atom. The molecule has 0 unspecified atom stereocenters. The van der Waals surface area contributed by atoms with E-state index in [1.807, 2.05) is 43.3 Å². The van der Waals surface area contributed by atoms with Crippen LogP contribution in [-0.4, -0.2) is 31.3 Å². The van der Waals surface area contributed by atoms with Crippen molar-refractivity contribution < 1.29 is 4.42 Å². The van der Waals surface area contributed by atoms with Crippen LogP contribution in [0.4, 0.5) is 11.7 Å². The standard InChI is InChI=1S/C11H14N4O/c1-12-11-14-13-10(16-11)8-5-4-6-9(7-8)15(2)3/h4-7H,1-3H3,(H,12,14). The van der Waals surface area contributed by atoms with Gasteiger partial charge in [0.1, 0.15) is 0 Å². The molecule has 2 rings (SSSR count). The monoisotopic (exact) mass is 218 g/mol. The van der Waals surface area contributed by atoms with Crippen molar-refractivity contribution in [3.63, 3.8) is 0 Å². The van der Waals surface area contributed by atoms with E-state index in [-0.39, 0.29) is 0 Å². The molecular formula is C11H14N4O. The molecule has 0 bridgehead atoms. The van der Waals surface area contributed by atoms with Crippen LogP contribution in [0.15, 0.2) is 28.7 Å². The van der Waals surface area contributed by atoms with E-state index in [0.29, 0.717) is 11.9 Å². The fourth-order valence-corrected chi connectivity index (χ4v) is 1.36. The number of rotatable bonds is 3. The minimum absolute atomic E-state index is 0.422. The topological polar surface area (TPSA) is 54.2 Å². The Morgan fingerprint density at radius 1 is 1.25 bits per heavy atom. The lowest BCUT2D eigenvalue weighted by Crippen LogP contribution is -2.08. The quantitative estimate of drug-likeness (QED) is 0.852. The zero-order chi connectivity index (χ0) is 11.5. The van der Waals surface area contributed by atoms with E-state index in [9.17, 15) is 0 Å². The van der Waals surface area contributed by atoms with Crippen molar-refractivity contribution in [2.45, 2.75) is 0 Å². The molecule has 0 fully saturated rings. The Balaban J connectivity index is 2.36. The van der Waals surface area contributed by atoms with Gasteiger partial charge in [-0.1, -0.05) is 11.2 Å². The summed E-state index contributed by atoms with van der Waals surface area (Å²) >= 11 is 0. The van der Waals surface area contributed by atoms with Crippen LogP contribution in [0.25, 0.3) is 11.5 Å². The van der Waals surface area contributed by atoms with Crippen LogP contribution in [0.1, 0.15) is 0 Å². The van der Waals surface area contributed by atoms with Crippen molar-refractivity contribution in [3.8, 4) is 11.5 Å². The second kappa shape index (κ2) is 4.22. The zero-order valence-corrected chi connectivity index (χ0v) is 9.56. The highest BCUT2D eigenvalue weighted by molar-refractivity contribution is 5.61. The summed E-state index contributed by atoms with van der Waals surface area (Å²) in [7, 11) is 5.73. The summed E-state index contributed by atoms with van der Waals surface area (Å²) in [5.74, 6) is 0.521. The molecule has 0 spiro atoms. The molecule has 0 saturated carbocycles. The van der Waals surface area contributed by atoms with E-state index in [2.05, 4.69) is 15.5 Å². The Labute approximate surface area is 94.1 Å². The van der Waals surface area contributed by atoms with E-state index in [4.69, 9.17) is 4.42 Å². The van der Waals surface area contributed by atoms with Crippen molar-refractivity contribution in [1.29, 1.82) is 0 Å². The fraction of sp³-hybridized carbons (Fsp3) is 0.273. The molecule has 1 aromatic heterocycles. The second-order valence-electron chi connectivity index (χ2n) is 3.61. The van der Waals surface area contributed by atoms with Crippen LogP contribution in [0.3, 0.4) is 0 Å². The molecule has 0 aliphatic carbocycles. The summed E-state index contributed by atoms with van der Waals surface area (Å²) in [6.45, 7) is 0. The third-order valence-electron chi connectivity index (χ3n) is 2.25. The molecule has 0 aliphatic heterocycles. The van der Waals surface area contributed by atoms with E-state index in [1.54, 1.807) is 7.05 Å². The van der Waals surface area contributed by atoms with Gasteiger partial charge in [0, 0.05) is 32.4 Å². The lowest BCUT2D eigenvalue weighted by Gasteiger charge is -2.12. The molecule has 0 atom stereocenters. The predicted octanol–water partition coefficient (Wildman–Crippen LogP) is 1.84. The van der Waals surface area contributed by atoms with Gasteiger partial charge in [-0.2, -0.15) is 0 Å². The average molecular weight is 218 g/mol. The normalized spacial score (nSPS) is 10.2. The summed E-state index contributed by atoms with van der Waals surface area (Å²) in [5.41, 5.74) is 2.02. The molecule has 0 aliphatic rings. The SMILES string of the molecule is CNc1nnc(-c2cccc(N(C)C)c2)o1. The van der Waals surface area contributed by atoms with Gasteiger partial charge in [-0.05, 0) is 18.2 Å². The maximum Gasteiger partial charge on any atom is 0.315 e. The Bertz CT molecular complexity index is 478. The maximum atomic E-state index is 5.40. The Morgan fingerprint density at radius 2 is 2.06 bits per heavy atom. The molecule has 16 heavy (non-hydrogen) atoms. The summed E-state index contributed by atoms with van der Waals surface area (Å²) in [4.78, 5) is 2.03. The molecule has 84 valence electrons. The molecule has 2 aromatic rings. The van der Waals surface area contributed by atoms with Gasteiger partial charge < -0.3 is 14.6 Å². The first kappa shape index (κ1) is 10.5. The third kappa shape index (κ3) is 1.98. The molecule has 0 amide bonds. The largest absolute Gasteiger partial charge is 0.403 e. The second-order valence-corrected chi connectivity index (χ2v) is 3.61. The van der Waals surface area contributed by atoms with E-state index in [1.165, 1.54) is 0 Å². The fourth-order valence-electron chi connectivity index (χ4n) is 1.36. The molecule has 0 radical (unpaired) electrons. The molecular weight excluding hydrogens is 204 g/mol. The number of hydrogen-bond acceptors (Lipinski definition) is 5. The average Bonchev–Trinajstić information content (AvgIpc) is 2.77. The van der Waals surface area contributed by atoms with Gasteiger partial charge in [-0.25, -0.2) is 0 Å². The number of anilines is 2. The summed E-state index contributed by atoms with van der Waals surface area (Å²) in [6.07, 6.45) is 0. The third-order valence-corrected chi connectivity index (χ3v) is 2.25. The molecule has 5 heteroatoms. The highest BCUT2D eigenvalue weighted by Crippen LogP contribution is 2.23. The number of aromatic nitrogens is 2. The van der Waals surface area contributed by atoms with Gasteiger partial charge in [-0.15, -0.1) is 5.10 Å². The van der Waals surface area contributed by atoms with E-state index in [0.717, 1.165) is 11.3 Å². The minimum Gasteiger partial charge on any atom is -0.403 e. The molecule has 1 N–H and O–H groups in total. The Kier molecular flexibility index (Phi) is 2.76. The summed E-state index contributed by atoms with van der Waals surface area (Å²) in [6, 6.07) is 8.37. The van der Waals surface area contributed by atoms with Gasteiger partial charge in [0.25, 0.3) is 0 Å². The highest BCUT2D eigenvalue weighted by atomic mass is 16.4. The first-order valence-corrected chi connectivity index (χ1v) is 4.99. The first-order chi connectivity index (χ1) is 7.70. The first-order valence-electron chi connectivity index (χ1n) is 4.99. The van der Waals surface area contributed by atoms with Crippen molar-refractivity contribution in [2.75, 3.05) is 31.4 Å². The van der Waals surface area contributed by atoms with Crippen LogP contribution < -0.4 is 10.2 Å². The molecule has 0 saturated heterocycles. The molecule has 1 aromatic carbocycles. The number of hydrogen-bond donors (Lipinski definition) is 1. The van der Waals surface area contributed by atoms with Crippen LogP contribution in [0.5, 0.6) is 0 Å². The molecule has 5 nitrogen and oxygen atoms in total. The smallest absolute Gasteiger partial charge is 0.315 e. The number of nitrogens with zero attached hydrogens (tertiary/aromatic N) is 3. The van der Waals surface area contributed by atoms with Crippen LogP contribution in [0, 0.1) is 0 Å². The van der Waals surface area contributed by atoms with Crippen molar-refractivity contribution in [3.05, 3.63) is 24.3 Å². The minimum atomic E-state index is 0.422. The molecule has 1 heterocycles. The Hall–Kier alpha value is -2.04. The van der Waals surface area contributed by atoms with Gasteiger partial charge in [0.2, 0.25) is 5.89 Å². The lowest BCUT2D eigenvalue weighted by atomic mass is 10.2. The summed E-state index contributed by atoms with van der Waals surface area (Å²) in [5, 5.41) is 10.6. The van der Waals surface area contributed by atoms with Crippen molar-refractivity contribution >= 4 is 11.7 Å². The van der Waals surface area contributed by atoms with Gasteiger partial charge >= 0.3 is 6.01 Å². The predicted molar refractivity (Wildman–Crippen MR) is 63.6 cm³/mol. The van der Waals surface area contributed by atoms with E-state index < -0.39 is 0 Å². The highest BCUT2D eigenvalue weighted by Gasteiger charge is 2.08. The van der Waals surface area contributed by atoms with Gasteiger partial charge in [0.05, 0.1) is 0 Å². The van der Waals surface area contributed by atoms with Gasteiger partial charge in [0.15, 0.2) is 0 Å². The number of nitrogens with one attached hydrogen (secondary N) is 1. The number of benzene rings is 1. The van der Waals surface area contributed by atoms with Crippen LogP contribution in [0.2, 0.25) is 0 Å². The van der Waals surface area contributed by atoms with E-state index >= 15 is 0 Å². The zero-order valence-electron chi connectivity index (χ0n) is 9.56. The maximum absolute atomic E-state index is 5.40. The lowest BCUT2D eigenvalue weighted by molar-refractivity contribution is 0.585. The van der Waals surface area contributed by atoms with Crippen LogP contribution >= 0.6 is 0 Å². The van der Waals surface area contributed by atoms with Crippen LogP contribution in [-0.2, 0) is 0 Å². The van der Waals surface area contributed by atoms with Crippen molar-refractivity contribution in [1.82, 2.24) is 10.2 Å².